The smallest absolute Gasteiger partial charge is 0.272 e. The van der Waals surface area contributed by atoms with Gasteiger partial charge in [0, 0.05) is 5.57 Å². The summed E-state index contributed by atoms with van der Waals surface area (Å²) < 4.78 is 0.998. The normalized spacial score (nSPS) is 9.31. The van der Waals surface area contributed by atoms with Crippen molar-refractivity contribution in [2.24, 2.45) is 0 Å². The van der Waals surface area contributed by atoms with Crippen LogP contribution in [0.4, 0.5) is 5.69 Å². The van der Waals surface area contributed by atoms with Crippen molar-refractivity contribution >= 4 is 38.7 Å². The van der Waals surface area contributed by atoms with Crippen molar-refractivity contribution in [3.05, 3.63) is 36.4 Å². The van der Waals surface area contributed by atoms with Crippen LogP contribution in [0.5, 0.6) is 0 Å². The van der Waals surface area contributed by atoms with Gasteiger partial charge in [0.1, 0.15) is 0 Å². The molecule has 2 amide bonds. The monoisotopic (exact) mass is 230 g/mol. The third-order valence-electron chi connectivity index (χ3n) is 1.90. The van der Waals surface area contributed by atoms with Gasteiger partial charge in [0.15, 0.2) is 16.3 Å². The van der Waals surface area contributed by atoms with Gasteiger partial charge in [-0.05, 0) is 19.1 Å². The van der Waals surface area contributed by atoms with E-state index in [2.05, 4.69) is 28.3 Å². The highest BCUT2D eigenvalue weighted by molar-refractivity contribution is 6.32. The van der Waals surface area contributed by atoms with E-state index in [1.165, 1.54) is 0 Å². The number of hydrogen-bond donors (Lipinski definition) is 1. The SMILES string of the molecule is C=C(C)C(=O)N(NC=O)c1cc[c]([Al])cc1. The van der Waals surface area contributed by atoms with E-state index in [1.54, 1.807) is 19.1 Å². The Hall–Kier alpha value is -1.57. The molecule has 0 bridgehead atoms. The summed E-state index contributed by atoms with van der Waals surface area (Å²) in [5, 5.41) is 1.15. The molecule has 2 radical (unpaired) electrons. The van der Waals surface area contributed by atoms with E-state index in [0.29, 0.717) is 17.7 Å². The minimum absolute atomic E-state index is 0.344. The van der Waals surface area contributed by atoms with Gasteiger partial charge in [0.05, 0.1) is 5.69 Å². The fraction of sp³-hybridized carbons (Fsp3) is 0.0909. The minimum atomic E-state index is -0.344. The van der Waals surface area contributed by atoms with Crippen LogP contribution in [0.15, 0.2) is 36.4 Å². The Bertz CT molecular complexity index is 414. The molecule has 0 unspecified atom stereocenters. The molecule has 1 N–H and O–H groups in total. The summed E-state index contributed by atoms with van der Waals surface area (Å²) in [4.78, 5) is 22.2. The Labute approximate surface area is 102 Å². The summed E-state index contributed by atoms with van der Waals surface area (Å²) in [6.45, 7) is 5.14. The molecule has 0 saturated carbocycles. The average Bonchev–Trinajstić information content (AvgIpc) is 2.26. The van der Waals surface area contributed by atoms with E-state index >= 15 is 0 Å². The van der Waals surface area contributed by atoms with Crippen LogP contribution in [-0.2, 0) is 9.59 Å². The Morgan fingerprint density at radius 1 is 1.44 bits per heavy atom. The second kappa shape index (κ2) is 5.50. The first-order chi connectivity index (χ1) is 7.56. The van der Waals surface area contributed by atoms with Gasteiger partial charge in [-0.15, -0.1) is 4.43 Å². The van der Waals surface area contributed by atoms with Crippen LogP contribution < -0.4 is 14.9 Å². The molecule has 4 nitrogen and oxygen atoms in total. The van der Waals surface area contributed by atoms with E-state index in [0.717, 1.165) is 9.43 Å². The third kappa shape index (κ3) is 2.96. The van der Waals surface area contributed by atoms with Crippen molar-refractivity contribution in [3.63, 3.8) is 0 Å². The van der Waals surface area contributed by atoms with E-state index in [9.17, 15) is 9.59 Å². The summed E-state index contributed by atoms with van der Waals surface area (Å²) in [5.74, 6) is -0.344. The molecule has 1 rings (SSSR count). The molecule has 0 spiro atoms. The molecular weight excluding hydrogens is 219 g/mol. The van der Waals surface area contributed by atoms with Crippen LogP contribution in [0.25, 0.3) is 0 Å². The Morgan fingerprint density at radius 3 is 2.44 bits per heavy atom. The Kier molecular flexibility index (Phi) is 4.30. The second-order valence-electron chi connectivity index (χ2n) is 3.26. The number of benzene rings is 1. The molecule has 0 aliphatic carbocycles. The van der Waals surface area contributed by atoms with Gasteiger partial charge in [0.2, 0.25) is 6.41 Å². The number of carbonyl (C=O) groups excluding carboxylic acids is 2. The molecule has 0 saturated heterocycles. The Balaban J connectivity index is 3.02. The largest absolute Gasteiger partial charge is 0.277 e. The van der Waals surface area contributed by atoms with Crippen molar-refractivity contribution in [1.29, 1.82) is 0 Å². The lowest BCUT2D eigenvalue weighted by Crippen LogP contribution is -2.42. The van der Waals surface area contributed by atoms with E-state index in [-0.39, 0.29) is 5.91 Å². The zero-order valence-electron chi connectivity index (χ0n) is 8.93. The molecule has 0 heterocycles. The highest BCUT2D eigenvalue weighted by Crippen LogP contribution is 2.11. The van der Waals surface area contributed by atoms with Crippen molar-refractivity contribution < 1.29 is 9.59 Å². The molecule has 5 heteroatoms. The molecule has 16 heavy (non-hydrogen) atoms. The molecule has 0 aliphatic heterocycles. The van der Waals surface area contributed by atoms with E-state index < -0.39 is 0 Å². The zero-order valence-corrected chi connectivity index (χ0v) is 10.1. The van der Waals surface area contributed by atoms with Gasteiger partial charge in [-0.2, -0.15) is 0 Å². The fourth-order valence-electron chi connectivity index (χ4n) is 1.12. The number of hydrazine groups is 1. The maximum absolute atomic E-state index is 11.7. The number of carbonyl (C=O) groups is 2. The van der Waals surface area contributed by atoms with Crippen molar-refractivity contribution in [2.45, 2.75) is 6.92 Å². The summed E-state index contributed by atoms with van der Waals surface area (Å²) in [5.41, 5.74) is 3.28. The molecule has 1 aromatic carbocycles. The van der Waals surface area contributed by atoms with Gasteiger partial charge in [-0.3, -0.25) is 15.0 Å². The zero-order chi connectivity index (χ0) is 12.1. The van der Waals surface area contributed by atoms with Crippen LogP contribution in [0.1, 0.15) is 6.92 Å². The third-order valence-corrected chi connectivity index (χ3v) is 2.29. The predicted octanol–water partition coefficient (Wildman–Crippen LogP) is 0.0505. The van der Waals surface area contributed by atoms with Gasteiger partial charge in [-0.25, -0.2) is 5.01 Å². The standard InChI is InChI=1S/C11H11N2O2.Al/c1-9(2)11(15)13(12-8-14)10-6-4-3-5-7-10;/h4-8H,1H2,2H3,(H,12,14);. The fourth-order valence-corrected chi connectivity index (χ4v) is 1.31. The number of nitrogens with one attached hydrogen (secondary N) is 1. The van der Waals surface area contributed by atoms with Crippen molar-refractivity contribution in [3.8, 4) is 0 Å². The molecule has 0 fully saturated rings. The first-order valence-corrected chi connectivity index (χ1v) is 5.19. The summed E-state index contributed by atoms with van der Waals surface area (Å²) in [7, 11) is 0. The molecular formula is C11H11AlN2O2. The second-order valence-corrected chi connectivity index (χ2v) is 3.93. The number of nitrogens with zero attached hydrogens (tertiary/aromatic N) is 1. The first kappa shape index (κ1) is 12.5. The summed E-state index contributed by atoms with van der Waals surface area (Å²) in [6.07, 6.45) is 0.454. The van der Waals surface area contributed by atoms with Crippen molar-refractivity contribution in [2.75, 3.05) is 5.01 Å². The maximum atomic E-state index is 11.7. The number of anilines is 1. The van der Waals surface area contributed by atoms with E-state index in [4.69, 9.17) is 0 Å². The molecule has 80 valence electrons. The lowest BCUT2D eigenvalue weighted by atomic mass is 10.2. The van der Waals surface area contributed by atoms with Crippen LogP contribution in [0, 0.1) is 0 Å². The number of amides is 2. The van der Waals surface area contributed by atoms with Crippen LogP contribution in [0.2, 0.25) is 0 Å². The first-order valence-electron chi connectivity index (χ1n) is 4.61. The van der Waals surface area contributed by atoms with E-state index in [1.807, 2.05) is 12.1 Å². The lowest BCUT2D eigenvalue weighted by Gasteiger charge is -2.21. The number of rotatable bonds is 4. The average molecular weight is 230 g/mol. The van der Waals surface area contributed by atoms with Crippen LogP contribution in [-0.4, -0.2) is 28.6 Å². The molecule has 0 aliphatic rings. The van der Waals surface area contributed by atoms with Crippen LogP contribution in [0.3, 0.4) is 0 Å². The highest BCUT2D eigenvalue weighted by atomic mass is 27.0. The maximum Gasteiger partial charge on any atom is 0.272 e. The summed E-state index contributed by atoms with van der Waals surface area (Å²) >= 11 is 2.54. The van der Waals surface area contributed by atoms with Crippen LogP contribution >= 0.6 is 0 Å². The molecule has 0 atom stereocenters. The molecule has 0 aromatic heterocycles. The Morgan fingerprint density at radius 2 is 2.00 bits per heavy atom. The topological polar surface area (TPSA) is 49.4 Å². The minimum Gasteiger partial charge on any atom is -0.277 e. The highest BCUT2D eigenvalue weighted by Gasteiger charge is 2.15. The predicted molar refractivity (Wildman–Crippen MR) is 63.3 cm³/mol. The van der Waals surface area contributed by atoms with Gasteiger partial charge in [-0.1, -0.05) is 18.7 Å². The summed E-state index contributed by atoms with van der Waals surface area (Å²) in [6, 6.07) is 7.12. The lowest BCUT2D eigenvalue weighted by molar-refractivity contribution is -0.118. The molecule has 1 aromatic rings. The quantitative estimate of drug-likeness (QED) is 0.344. The van der Waals surface area contributed by atoms with Gasteiger partial charge < -0.3 is 0 Å². The van der Waals surface area contributed by atoms with Crippen molar-refractivity contribution in [1.82, 2.24) is 5.43 Å². The van der Waals surface area contributed by atoms with Gasteiger partial charge >= 0.3 is 0 Å². The number of hydrogen-bond acceptors (Lipinski definition) is 2. The van der Waals surface area contributed by atoms with Gasteiger partial charge in [0.25, 0.3) is 5.91 Å².